The lowest BCUT2D eigenvalue weighted by molar-refractivity contribution is -0.00177. The largest absolute Gasteiger partial charge is 0.387 e. The first-order valence-corrected chi connectivity index (χ1v) is 11.2. The SMILES string of the molecule is CC(C)(O)C(F)CNC(=O)c1cnc(Nc2ccc3nccnc3c2)cc1NC1CCCC1. The Labute approximate surface area is 192 Å². The molecule has 0 bridgehead atoms. The van der Waals surface area contributed by atoms with Crippen LogP contribution < -0.4 is 16.0 Å². The van der Waals surface area contributed by atoms with E-state index in [4.69, 9.17) is 0 Å². The van der Waals surface area contributed by atoms with Gasteiger partial charge in [0.2, 0.25) is 0 Å². The first-order valence-electron chi connectivity index (χ1n) is 11.2. The molecule has 0 radical (unpaired) electrons. The molecule has 174 valence electrons. The van der Waals surface area contributed by atoms with E-state index in [0.717, 1.165) is 42.4 Å². The zero-order chi connectivity index (χ0) is 23.4. The smallest absolute Gasteiger partial charge is 0.255 e. The van der Waals surface area contributed by atoms with Crippen molar-refractivity contribution in [1.82, 2.24) is 20.3 Å². The fourth-order valence-electron chi connectivity index (χ4n) is 3.83. The van der Waals surface area contributed by atoms with Crippen LogP contribution in [0.25, 0.3) is 11.0 Å². The number of aromatic nitrogens is 3. The number of carbonyl (C=O) groups excluding carboxylic acids is 1. The second-order valence-corrected chi connectivity index (χ2v) is 8.96. The van der Waals surface area contributed by atoms with Crippen molar-refractivity contribution in [2.45, 2.75) is 57.3 Å². The maximum absolute atomic E-state index is 14.1. The number of carbonyl (C=O) groups is 1. The van der Waals surface area contributed by atoms with Crippen LogP contribution in [0, 0.1) is 0 Å². The number of aliphatic hydroxyl groups is 1. The first-order chi connectivity index (χ1) is 15.8. The highest BCUT2D eigenvalue weighted by Gasteiger charge is 2.27. The molecule has 8 nitrogen and oxygen atoms in total. The Balaban J connectivity index is 1.55. The van der Waals surface area contributed by atoms with Gasteiger partial charge in [0.1, 0.15) is 12.0 Å². The molecule has 1 atom stereocenters. The van der Waals surface area contributed by atoms with E-state index in [9.17, 15) is 14.3 Å². The van der Waals surface area contributed by atoms with E-state index in [1.54, 1.807) is 18.5 Å². The van der Waals surface area contributed by atoms with Crippen LogP contribution in [-0.2, 0) is 0 Å². The van der Waals surface area contributed by atoms with Crippen molar-refractivity contribution >= 4 is 34.1 Å². The molecule has 1 unspecified atom stereocenters. The lowest BCUT2D eigenvalue weighted by Gasteiger charge is -2.23. The van der Waals surface area contributed by atoms with E-state index in [1.165, 1.54) is 20.0 Å². The molecule has 1 aliphatic carbocycles. The predicted molar refractivity (Wildman–Crippen MR) is 126 cm³/mol. The average molecular weight is 453 g/mol. The van der Waals surface area contributed by atoms with E-state index in [1.807, 2.05) is 18.2 Å². The van der Waals surface area contributed by atoms with E-state index in [0.29, 0.717) is 17.1 Å². The van der Waals surface area contributed by atoms with Gasteiger partial charge in [-0.05, 0) is 44.9 Å². The Bertz CT molecular complexity index is 1130. The third kappa shape index (κ3) is 5.73. The zero-order valence-corrected chi connectivity index (χ0v) is 18.8. The van der Waals surface area contributed by atoms with Crippen LogP contribution in [0.3, 0.4) is 0 Å². The summed E-state index contributed by atoms with van der Waals surface area (Å²) in [6.45, 7) is 2.46. The molecule has 2 aromatic heterocycles. The number of halogens is 1. The summed E-state index contributed by atoms with van der Waals surface area (Å²) in [5.41, 5.74) is 1.79. The molecule has 1 fully saturated rings. The van der Waals surface area contributed by atoms with Crippen molar-refractivity contribution in [3.63, 3.8) is 0 Å². The number of benzene rings is 1. The first kappa shape index (κ1) is 22.8. The standard InChI is InChI=1S/C24H29FN6O2/c1-24(2,33)21(25)14-29-23(32)17-13-28-22(12-19(17)30-15-5-3-4-6-15)31-16-7-8-18-20(11-16)27-10-9-26-18/h7-13,15,21,33H,3-6,14H2,1-2H3,(H,29,32)(H2,28,30,31). The average Bonchev–Trinajstić information content (AvgIpc) is 3.30. The summed E-state index contributed by atoms with van der Waals surface area (Å²) in [4.78, 5) is 25.8. The molecule has 1 aromatic carbocycles. The second kappa shape index (κ2) is 9.66. The Morgan fingerprint density at radius 2 is 1.88 bits per heavy atom. The molecule has 1 amide bonds. The number of rotatable bonds is 8. The van der Waals surface area contributed by atoms with Gasteiger partial charge in [0, 0.05) is 36.4 Å². The van der Waals surface area contributed by atoms with E-state index >= 15 is 0 Å². The molecule has 1 saturated carbocycles. The highest BCUT2D eigenvalue weighted by molar-refractivity contribution is 6.00. The van der Waals surface area contributed by atoms with E-state index in [-0.39, 0.29) is 12.6 Å². The van der Waals surface area contributed by atoms with Crippen LogP contribution in [0.5, 0.6) is 0 Å². The van der Waals surface area contributed by atoms with Crippen LogP contribution in [0.15, 0.2) is 42.9 Å². The molecular weight excluding hydrogens is 423 g/mol. The number of amides is 1. The van der Waals surface area contributed by atoms with Crippen molar-refractivity contribution in [3.05, 3.63) is 48.4 Å². The molecule has 3 aromatic rings. The third-order valence-electron chi connectivity index (χ3n) is 5.81. The van der Waals surface area contributed by atoms with Gasteiger partial charge in [-0.25, -0.2) is 9.37 Å². The van der Waals surface area contributed by atoms with Crippen molar-refractivity contribution in [2.24, 2.45) is 0 Å². The number of pyridine rings is 1. The van der Waals surface area contributed by atoms with Gasteiger partial charge in [-0.3, -0.25) is 14.8 Å². The molecule has 9 heteroatoms. The molecule has 33 heavy (non-hydrogen) atoms. The monoisotopic (exact) mass is 452 g/mol. The molecule has 4 N–H and O–H groups in total. The second-order valence-electron chi connectivity index (χ2n) is 8.96. The summed E-state index contributed by atoms with van der Waals surface area (Å²) in [5.74, 6) is 0.123. The third-order valence-corrected chi connectivity index (χ3v) is 5.81. The molecule has 4 rings (SSSR count). The van der Waals surface area contributed by atoms with Gasteiger partial charge < -0.3 is 21.1 Å². The predicted octanol–water partition coefficient (Wildman–Crippen LogP) is 3.96. The number of nitrogens with one attached hydrogen (secondary N) is 3. The number of hydrogen-bond acceptors (Lipinski definition) is 7. The van der Waals surface area contributed by atoms with Crippen LogP contribution in [0.4, 0.5) is 21.6 Å². The quantitative estimate of drug-likeness (QED) is 0.409. The van der Waals surface area contributed by atoms with Gasteiger partial charge in [0.05, 0.1) is 34.4 Å². The lowest BCUT2D eigenvalue weighted by atomic mass is 10.0. The highest BCUT2D eigenvalue weighted by Crippen LogP contribution is 2.27. The maximum Gasteiger partial charge on any atom is 0.255 e. The van der Waals surface area contributed by atoms with Crippen molar-refractivity contribution < 1.29 is 14.3 Å². The zero-order valence-electron chi connectivity index (χ0n) is 18.8. The van der Waals surface area contributed by atoms with Crippen molar-refractivity contribution in [1.29, 1.82) is 0 Å². The summed E-state index contributed by atoms with van der Waals surface area (Å²) < 4.78 is 14.1. The normalized spacial score (nSPS) is 15.4. The summed E-state index contributed by atoms with van der Waals surface area (Å²) >= 11 is 0. The van der Waals surface area contributed by atoms with Gasteiger partial charge >= 0.3 is 0 Å². The molecule has 0 spiro atoms. The minimum Gasteiger partial charge on any atom is -0.387 e. The Morgan fingerprint density at radius 1 is 1.15 bits per heavy atom. The minimum atomic E-state index is -1.59. The molecule has 0 saturated heterocycles. The van der Waals surface area contributed by atoms with Gasteiger partial charge in [-0.15, -0.1) is 0 Å². The number of hydrogen-bond donors (Lipinski definition) is 4. The van der Waals surface area contributed by atoms with Crippen LogP contribution in [0.1, 0.15) is 49.9 Å². The summed E-state index contributed by atoms with van der Waals surface area (Å²) in [6.07, 6.45) is 7.52. The summed E-state index contributed by atoms with van der Waals surface area (Å²) in [6, 6.07) is 7.71. The summed E-state index contributed by atoms with van der Waals surface area (Å²) in [7, 11) is 0. The fraction of sp³-hybridized carbons (Fsp3) is 0.417. The Hall–Kier alpha value is -3.33. The van der Waals surface area contributed by atoms with E-state index in [2.05, 4.69) is 30.9 Å². The van der Waals surface area contributed by atoms with Crippen LogP contribution >= 0.6 is 0 Å². The minimum absolute atomic E-state index is 0.271. The summed E-state index contributed by atoms with van der Waals surface area (Å²) in [5, 5.41) is 19.1. The van der Waals surface area contributed by atoms with Crippen molar-refractivity contribution in [3.8, 4) is 0 Å². The number of alkyl halides is 1. The Morgan fingerprint density at radius 3 is 2.61 bits per heavy atom. The van der Waals surface area contributed by atoms with Gasteiger partial charge in [0.25, 0.3) is 5.91 Å². The maximum atomic E-state index is 14.1. The van der Waals surface area contributed by atoms with Gasteiger partial charge in [0.15, 0.2) is 0 Å². The number of anilines is 3. The van der Waals surface area contributed by atoms with Gasteiger partial charge in [-0.2, -0.15) is 0 Å². The molecule has 1 aliphatic rings. The van der Waals surface area contributed by atoms with Crippen LogP contribution in [0.2, 0.25) is 0 Å². The number of fused-ring (bicyclic) bond motifs is 1. The Kier molecular flexibility index (Phi) is 6.69. The molecule has 2 heterocycles. The number of nitrogens with zero attached hydrogens (tertiary/aromatic N) is 3. The topological polar surface area (TPSA) is 112 Å². The van der Waals surface area contributed by atoms with Gasteiger partial charge in [-0.1, -0.05) is 12.8 Å². The van der Waals surface area contributed by atoms with Crippen LogP contribution in [-0.4, -0.2) is 50.3 Å². The highest BCUT2D eigenvalue weighted by atomic mass is 19.1. The van der Waals surface area contributed by atoms with Crippen molar-refractivity contribution in [2.75, 3.05) is 17.2 Å². The lowest BCUT2D eigenvalue weighted by Crippen LogP contribution is -2.42. The van der Waals surface area contributed by atoms with E-state index < -0.39 is 17.7 Å². The fourth-order valence-corrected chi connectivity index (χ4v) is 3.83. The molecule has 0 aliphatic heterocycles. The molecular formula is C24H29FN6O2.